The lowest BCUT2D eigenvalue weighted by molar-refractivity contribution is -0.112. The summed E-state index contributed by atoms with van der Waals surface area (Å²) in [6.45, 7) is 2.19. The van der Waals surface area contributed by atoms with Gasteiger partial charge in [-0.3, -0.25) is 9.10 Å². The predicted molar refractivity (Wildman–Crippen MR) is 105 cm³/mol. The van der Waals surface area contributed by atoms with Crippen LogP contribution in [0.2, 0.25) is 0 Å². The summed E-state index contributed by atoms with van der Waals surface area (Å²) in [5.41, 5.74) is 1.62. The average Bonchev–Trinajstić information content (AvgIpc) is 3.23. The summed E-state index contributed by atoms with van der Waals surface area (Å²) in [6.07, 6.45) is 2.42. The van der Waals surface area contributed by atoms with E-state index in [9.17, 15) is 13.2 Å². The zero-order valence-corrected chi connectivity index (χ0v) is 16.2. The summed E-state index contributed by atoms with van der Waals surface area (Å²) in [4.78, 5) is 13.4. The molecular weight excluding hydrogens is 372 g/mol. The molecule has 26 heavy (non-hydrogen) atoms. The van der Waals surface area contributed by atoms with Crippen LogP contribution in [0.25, 0.3) is 6.08 Å². The molecule has 1 aliphatic heterocycles. The highest BCUT2D eigenvalue weighted by molar-refractivity contribution is 7.93. The quantitative estimate of drug-likeness (QED) is 0.792. The number of thiophene rings is 1. The monoisotopic (exact) mass is 392 g/mol. The molecule has 1 aromatic heterocycles. The molecule has 1 fully saturated rings. The van der Waals surface area contributed by atoms with Crippen molar-refractivity contribution < 1.29 is 17.9 Å². The molecule has 2 aromatic rings. The maximum Gasteiger partial charge on any atom is 0.251 e. The zero-order valence-electron chi connectivity index (χ0n) is 14.6. The van der Waals surface area contributed by atoms with Crippen molar-refractivity contribution in [2.45, 2.75) is 13.3 Å². The second kappa shape index (κ2) is 7.51. The van der Waals surface area contributed by atoms with E-state index < -0.39 is 10.0 Å². The van der Waals surface area contributed by atoms with Gasteiger partial charge in [0.25, 0.3) is 5.91 Å². The van der Waals surface area contributed by atoms with E-state index in [1.165, 1.54) is 11.4 Å². The van der Waals surface area contributed by atoms with Crippen molar-refractivity contribution in [1.82, 2.24) is 0 Å². The van der Waals surface area contributed by atoms with Crippen LogP contribution in [0.4, 0.5) is 11.4 Å². The average molecular weight is 393 g/mol. The van der Waals surface area contributed by atoms with Gasteiger partial charge < -0.3 is 10.1 Å². The topological polar surface area (TPSA) is 75.7 Å². The molecule has 6 nitrogen and oxygen atoms in total. The number of nitrogens with one attached hydrogen (secondary N) is 1. The lowest BCUT2D eigenvalue weighted by Crippen LogP contribution is -2.25. The van der Waals surface area contributed by atoms with Crippen molar-refractivity contribution in [3.05, 3.63) is 46.2 Å². The van der Waals surface area contributed by atoms with Gasteiger partial charge in [-0.1, -0.05) is 6.07 Å². The summed E-state index contributed by atoms with van der Waals surface area (Å²) in [6, 6.07) is 8.85. The van der Waals surface area contributed by atoms with E-state index in [1.54, 1.807) is 36.5 Å². The van der Waals surface area contributed by atoms with Gasteiger partial charge in [0.05, 0.1) is 18.6 Å². The van der Waals surface area contributed by atoms with Crippen LogP contribution in [-0.2, 0) is 14.8 Å². The van der Waals surface area contributed by atoms with Crippen LogP contribution in [0, 0.1) is 0 Å². The van der Waals surface area contributed by atoms with Crippen LogP contribution >= 0.6 is 11.3 Å². The van der Waals surface area contributed by atoms with Gasteiger partial charge >= 0.3 is 0 Å². The molecule has 0 radical (unpaired) electrons. The lowest BCUT2D eigenvalue weighted by Gasteiger charge is -2.20. The molecule has 0 aliphatic carbocycles. The molecule has 8 heteroatoms. The molecule has 1 saturated heterocycles. The van der Waals surface area contributed by atoms with Crippen LogP contribution < -0.4 is 14.4 Å². The Labute approximate surface area is 157 Å². The molecule has 0 spiro atoms. The number of benzene rings is 1. The Balaban J connectivity index is 1.80. The van der Waals surface area contributed by atoms with Crippen molar-refractivity contribution in [1.29, 1.82) is 0 Å². The van der Waals surface area contributed by atoms with Crippen LogP contribution in [0.5, 0.6) is 5.75 Å². The molecule has 3 rings (SSSR count). The Hall–Kier alpha value is -2.32. The number of rotatable bonds is 5. The van der Waals surface area contributed by atoms with Crippen LogP contribution in [-0.4, -0.2) is 33.7 Å². The highest BCUT2D eigenvalue weighted by Gasteiger charge is 2.30. The van der Waals surface area contributed by atoms with E-state index in [4.69, 9.17) is 4.74 Å². The summed E-state index contributed by atoms with van der Waals surface area (Å²) >= 11 is 1.56. The third-order valence-electron chi connectivity index (χ3n) is 4.07. The molecule has 0 unspecified atom stereocenters. The smallest absolute Gasteiger partial charge is 0.251 e. The summed E-state index contributed by atoms with van der Waals surface area (Å²) < 4.78 is 31.0. The first-order valence-electron chi connectivity index (χ1n) is 8.12. The molecule has 138 valence electrons. The highest BCUT2D eigenvalue weighted by Crippen LogP contribution is 2.35. The Bertz CT molecular complexity index is 934. The number of methoxy groups -OCH3 is 1. The van der Waals surface area contributed by atoms with E-state index in [0.717, 1.165) is 4.88 Å². The molecule has 2 heterocycles. The largest absolute Gasteiger partial charge is 0.494 e. The standard InChI is InChI=1S/C18H20N2O4S2/c1-13(11-15-5-3-9-25-15)18(21)19-14-6-7-16(17(12-14)24-2)20-8-4-10-26(20,22)23/h3,5-7,9,11-12H,4,8,10H2,1-2H3,(H,19,21)/b13-11+. The first kappa shape index (κ1) is 18.5. The van der Waals surface area contributed by atoms with Crippen molar-refractivity contribution in [3.8, 4) is 5.75 Å². The van der Waals surface area contributed by atoms with E-state index in [-0.39, 0.29) is 11.7 Å². The SMILES string of the molecule is COc1cc(NC(=O)/C(C)=C/c2cccs2)ccc1N1CCCS1(=O)=O. The molecule has 1 amide bonds. The number of amides is 1. The minimum Gasteiger partial charge on any atom is -0.494 e. The second-order valence-electron chi connectivity index (χ2n) is 5.93. The third kappa shape index (κ3) is 3.91. The van der Waals surface area contributed by atoms with Crippen LogP contribution in [0.15, 0.2) is 41.3 Å². The first-order valence-corrected chi connectivity index (χ1v) is 10.6. The fourth-order valence-electron chi connectivity index (χ4n) is 2.75. The molecule has 1 aliphatic rings. The second-order valence-corrected chi connectivity index (χ2v) is 8.92. The maximum absolute atomic E-state index is 12.4. The van der Waals surface area contributed by atoms with E-state index in [0.29, 0.717) is 35.7 Å². The van der Waals surface area contributed by atoms with Gasteiger partial charge in [-0.05, 0) is 43.0 Å². The normalized spacial score (nSPS) is 16.5. The summed E-state index contributed by atoms with van der Waals surface area (Å²) in [5, 5.41) is 4.77. The Morgan fingerprint density at radius 1 is 1.35 bits per heavy atom. The third-order valence-corrected chi connectivity index (χ3v) is 6.74. The minimum atomic E-state index is -3.29. The van der Waals surface area contributed by atoms with Gasteiger partial charge in [0, 0.05) is 28.7 Å². The predicted octanol–water partition coefficient (Wildman–Crippen LogP) is 3.34. The minimum absolute atomic E-state index is 0.140. The van der Waals surface area contributed by atoms with E-state index in [1.807, 2.05) is 23.6 Å². The maximum atomic E-state index is 12.4. The van der Waals surface area contributed by atoms with Gasteiger partial charge in [0.2, 0.25) is 10.0 Å². The molecule has 0 atom stereocenters. The molecular formula is C18H20N2O4S2. The van der Waals surface area contributed by atoms with Crippen molar-refractivity contribution in [2.75, 3.05) is 29.0 Å². The Morgan fingerprint density at radius 2 is 2.15 bits per heavy atom. The summed E-state index contributed by atoms with van der Waals surface area (Å²) in [7, 11) is -1.81. The number of carbonyl (C=O) groups is 1. The van der Waals surface area contributed by atoms with Gasteiger partial charge in [-0.15, -0.1) is 11.3 Å². The highest BCUT2D eigenvalue weighted by atomic mass is 32.2. The molecule has 1 aromatic carbocycles. The molecule has 1 N–H and O–H groups in total. The first-order chi connectivity index (χ1) is 12.4. The van der Waals surface area contributed by atoms with Gasteiger partial charge in [0.15, 0.2) is 0 Å². The zero-order chi connectivity index (χ0) is 18.7. The van der Waals surface area contributed by atoms with Crippen molar-refractivity contribution in [2.24, 2.45) is 0 Å². The number of hydrogen-bond donors (Lipinski definition) is 1. The van der Waals surface area contributed by atoms with Crippen LogP contribution in [0.1, 0.15) is 18.2 Å². The Kier molecular flexibility index (Phi) is 5.33. The number of sulfonamides is 1. The van der Waals surface area contributed by atoms with E-state index in [2.05, 4.69) is 5.32 Å². The van der Waals surface area contributed by atoms with Crippen molar-refractivity contribution in [3.63, 3.8) is 0 Å². The number of hydrogen-bond acceptors (Lipinski definition) is 5. The van der Waals surface area contributed by atoms with Gasteiger partial charge in [0.1, 0.15) is 5.75 Å². The summed E-state index contributed by atoms with van der Waals surface area (Å²) in [5.74, 6) is 0.330. The Morgan fingerprint density at radius 3 is 2.77 bits per heavy atom. The number of ether oxygens (including phenoxy) is 1. The number of anilines is 2. The van der Waals surface area contributed by atoms with Crippen LogP contribution in [0.3, 0.4) is 0 Å². The molecule has 0 saturated carbocycles. The van der Waals surface area contributed by atoms with Gasteiger partial charge in [-0.2, -0.15) is 0 Å². The van der Waals surface area contributed by atoms with Crippen molar-refractivity contribution >= 4 is 44.7 Å². The number of nitrogens with zero attached hydrogens (tertiary/aromatic N) is 1. The lowest BCUT2D eigenvalue weighted by atomic mass is 10.2. The molecule has 0 bridgehead atoms. The fraction of sp³-hybridized carbons (Fsp3) is 0.278. The van der Waals surface area contributed by atoms with Gasteiger partial charge in [-0.25, -0.2) is 8.42 Å². The van der Waals surface area contributed by atoms with E-state index >= 15 is 0 Å². The number of carbonyl (C=O) groups excluding carboxylic acids is 1. The fourth-order valence-corrected chi connectivity index (χ4v) is 5.04.